The zero-order valence-corrected chi connectivity index (χ0v) is 10.2. The van der Waals surface area contributed by atoms with E-state index in [9.17, 15) is 18.0 Å². The first-order chi connectivity index (χ1) is 8.86. The number of hydrogen-bond donors (Lipinski definition) is 1. The van der Waals surface area contributed by atoms with Crippen molar-refractivity contribution in [2.45, 2.75) is 6.18 Å². The number of benzene rings is 1. The van der Waals surface area contributed by atoms with E-state index in [2.05, 4.69) is 10.1 Å². The fraction of sp³-hybridized carbons (Fsp3) is 0.250. The molecule has 0 aromatic heterocycles. The van der Waals surface area contributed by atoms with Gasteiger partial charge in [-0.1, -0.05) is 0 Å². The fourth-order valence-corrected chi connectivity index (χ4v) is 1.20. The van der Waals surface area contributed by atoms with Crippen molar-refractivity contribution in [3.05, 3.63) is 36.0 Å². The lowest BCUT2D eigenvalue weighted by molar-refractivity contribution is -0.135. The molecule has 0 saturated heterocycles. The number of carbonyl (C=O) groups excluding carboxylic acids is 1. The molecule has 4 nitrogen and oxygen atoms in total. The lowest BCUT2D eigenvalue weighted by Gasteiger charge is -2.14. The van der Waals surface area contributed by atoms with Crippen LogP contribution in [0.5, 0.6) is 5.75 Å². The minimum atomic E-state index is -4.69. The summed E-state index contributed by atoms with van der Waals surface area (Å²) < 4.78 is 47.1. The smallest absolute Gasteiger partial charge is 0.431 e. The Balaban J connectivity index is 2.94. The van der Waals surface area contributed by atoms with Crippen LogP contribution in [-0.2, 0) is 9.53 Å². The number of rotatable bonds is 4. The first-order valence-corrected chi connectivity index (χ1v) is 5.14. The van der Waals surface area contributed by atoms with Crippen LogP contribution < -0.4 is 10.1 Å². The minimum Gasteiger partial charge on any atom is -0.497 e. The first-order valence-electron chi connectivity index (χ1n) is 5.14. The van der Waals surface area contributed by atoms with Crippen LogP contribution in [0, 0.1) is 0 Å². The molecule has 0 heterocycles. The van der Waals surface area contributed by atoms with Crippen LogP contribution in [0.3, 0.4) is 0 Å². The molecule has 0 fully saturated rings. The van der Waals surface area contributed by atoms with Crippen molar-refractivity contribution in [1.82, 2.24) is 0 Å². The summed E-state index contributed by atoms with van der Waals surface area (Å²) in [7, 11) is 2.45. The highest BCUT2D eigenvalue weighted by Gasteiger charge is 2.34. The fourth-order valence-electron chi connectivity index (χ4n) is 1.20. The van der Waals surface area contributed by atoms with E-state index in [0.717, 1.165) is 7.11 Å². The van der Waals surface area contributed by atoms with Gasteiger partial charge >= 0.3 is 12.1 Å². The van der Waals surface area contributed by atoms with E-state index >= 15 is 0 Å². The molecule has 1 rings (SSSR count). The van der Waals surface area contributed by atoms with Crippen molar-refractivity contribution < 1.29 is 27.4 Å². The molecule has 1 N–H and O–H groups in total. The van der Waals surface area contributed by atoms with Gasteiger partial charge < -0.3 is 14.8 Å². The van der Waals surface area contributed by atoms with Crippen molar-refractivity contribution in [3.63, 3.8) is 0 Å². The molecule has 0 unspecified atom stereocenters. The summed E-state index contributed by atoms with van der Waals surface area (Å²) in [6.07, 6.45) is -4.33. The normalized spacial score (nSPS) is 11.9. The van der Waals surface area contributed by atoms with Gasteiger partial charge in [-0.25, -0.2) is 4.79 Å². The lowest BCUT2D eigenvalue weighted by Crippen LogP contribution is -2.20. The molecular weight excluding hydrogens is 263 g/mol. The Morgan fingerprint density at radius 3 is 2.21 bits per heavy atom. The Kier molecular flexibility index (Phi) is 4.80. The highest BCUT2D eigenvalue weighted by molar-refractivity contribution is 5.83. The van der Waals surface area contributed by atoms with E-state index < -0.39 is 17.8 Å². The van der Waals surface area contributed by atoms with Crippen molar-refractivity contribution in [3.8, 4) is 5.75 Å². The maximum Gasteiger partial charge on any atom is 0.431 e. The number of esters is 1. The largest absolute Gasteiger partial charge is 0.497 e. The van der Waals surface area contributed by atoms with Gasteiger partial charge in [0.1, 0.15) is 11.4 Å². The Labute approximate surface area is 107 Å². The van der Waals surface area contributed by atoms with Crippen LogP contribution >= 0.6 is 0 Å². The number of hydrogen-bond acceptors (Lipinski definition) is 4. The zero-order valence-electron chi connectivity index (χ0n) is 10.2. The summed E-state index contributed by atoms with van der Waals surface area (Å²) >= 11 is 0. The van der Waals surface area contributed by atoms with Gasteiger partial charge in [0.15, 0.2) is 0 Å². The van der Waals surface area contributed by atoms with Gasteiger partial charge in [0.2, 0.25) is 0 Å². The molecule has 0 spiro atoms. The summed E-state index contributed by atoms with van der Waals surface area (Å²) in [5.74, 6) is -0.579. The van der Waals surface area contributed by atoms with Gasteiger partial charge in [-0.2, -0.15) is 13.2 Å². The lowest BCUT2D eigenvalue weighted by atomic mass is 10.2. The molecule has 1 aromatic carbocycles. The number of anilines is 1. The molecule has 0 aliphatic rings. The molecular formula is C12H12F3NO3. The zero-order chi connectivity index (χ0) is 14.5. The molecule has 0 saturated carbocycles. The maximum atomic E-state index is 12.7. The average Bonchev–Trinajstić information content (AvgIpc) is 2.37. The van der Waals surface area contributed by atoms with E-state index in [1.165, 1.54) is 31.4 Å². The van der Waals surface area contributed by atoms with Gasteiger partial charge in [0, 0.05) is 5.69 Å². The number of allylic oxidation sites excluding steroid dienone is 1. The van der Waals surface area contributed by atoms with Crippen LogP contribution in [0.4, 0.5) is 18.9 Å². The summed E-state index contributed by atoms with van der Waals surface area (Å²) in [6, 6.07) is 5.79. The van der Waals surface area contributed by atoms with Crippen molar-refractivity contribution in [1.29, 1.82) is 0 Å². The maximum absolute atomic E-state index is 12.7. The summed E-state index contributed by atoms with van der Waals surface area (Å²) in [6.45, 7) is 0. The summed E-state index contributed by atoms with van der Waals surface area (Å²) in [5.41, 5.74) is -1.03. The summed E-state index contributed by atoms with van der Waals surface area (Å²) in [5, 5.41) is 2.12. The van der Waals surface area contributed by atoms with E-state index in [-0.39, 0.29) is 5.69 Å². The van der Waals surface area contributed by atoms with Crippen LogP contribution in [0.25, 0.3) is 0 Å². The molecule has 0 atom stereocenters. The van der Waals surface area contributed by atoms with Crippen LogP contribution in [0.1, 0.15) is 0 Å². The van der Waals surface area contributed by atoms with Gasteiger partial charge in [-0.3, -0.25) is 0 Å². The third kappa shape index (κ3) is 4.53. The highest BCUT2D eigenvalue weighted by Crippen LogP contribution is 2.27. The SMILES string of the molecule is COC(=O)/C=C(/Nc1ccc(OC)cc1)C(F)(F)F. The number of carbonyl (C=O) groups is 1. The monoisotopic (exact) mass is 275 g/mol. The summed E-state index contributed by atoms with van der Waals surface area (Å²) in [4.78, 5) is 10.9. The Bertz CT molecular complexity index is 466. The van der Waals surface area contributed by atoms with Gasteiger partial charge in [-0.05, 0) is 24.3 Å². The molecule has 0 bridgehead atoms. The van der Waals surface area contributed by atoms with Crippen molar-refractivity contribution in [2.24, 2.45) is 0 Å². The number of ether oxygens (including phenoxy) is 2. The van der Waals surface area contributed by atoms with E-state index in [0.29, 0.717) is 11.8 Å². The average molecular weight is 275 g/mol. The molecule has 0 radical (unpaired) electrons. The van der Waals surface area contributed by atoms with Crippen LogP contribution in [0.2, 0.25) is 0 Å². The van der Waals surface area contributed by atoms with Crippen molar-refractivity contribution >= 4 is 11.7 Å². The Hall–Kier alpha value is -2.18. The topological polar surface area (TPSA) is 47.6 Å². The predicted octanol–water partition coefficient (Wildman–Crippen LogP) is 2.73. The molecule has 7 heteroatoms. The quantitative estimate of drug-likeness (QED) is 0.678. The second kappa shape index (κ2) is 6.12. The molecule has 1 aromatic rings. The number of nitrogens with one attached hydrogen (secondary N) is 1. The van der Waals surface area contributed by atoms with Crippen molar-refractivity contribution in [2.75, 3.05) is 19.5 Å². The molecule has 0 aliphatic carbocycles. The van der Waals surface area contributed by atoms with E-state index in [1.807, 2.05) is 0 Å². The molecule has 104 valence electrons. The second-order valence-electron chi connectivity index (χ2n) is 3.43. The predicted molar refractivity (Wildman–Crippen MR) is 62.8 cm³/mol. The second-order valence-corrected chi connectivity index (χ2v) is 3.43. The first kappa shape index (κ1) is 14.9. The number of methoxy groups -OCH3 is 2. The van der Waals surface area contributed by atoms with Gasteiger partial charge in [-0.15, -0.1) is 0 Å². The number of alkyl halides is 3. The van der Waals surface area contributed by atoms with Gasteiger partial charge in [0.25, 0.3) is 0 Å². The highest BCUT2D eigenvalue weighted by atomic mass is 19.4. The third-order valence-electron chi connectivity index (χ3n) is 2.14. The number of halogens is 3. The van der Waals surface area contributed by atoms with Gasteiger partial charge in [0.05, 0.1) is 20.3 Å². The standard InChI is InChI=1S/C12H12F3NO3/c1-18-9-5-3-8(4-6-9)16-10(12(13,14)15)7-11(17)19-2/h3-7,16H,1-2H3/b10-7+. The third-order valence-corrected chi connectivity index (χ3v) is 2.14. The minimum absolute atomic E-state index is 0.174. The van der Waals surface area contributed by atoms with E-state index in [4.69, 9.17) is 4.74 Å². The molecule has 0 aliphatic heterocycles. The molecule has 19 heavy (non-hydrogen) atoms. The van der Waals surface area contributed by atoms with E-state index in [1.54, 1.807) is 0 Å². The Morgan fingerprint density at radius 1 is 1.21 bits per heavy atom. The van der Waals surface area contributed by atoms with Crippen LogP contribution in [-0.4, -0.2) is 26.4 Å². The molecule has 0 amide bonds. The van der Waals surface area contributed by atoms with Crippen LogP contribution in [0.15, 0.2) is 36.0 Å². The Morgan fingerprint density at radius 2 is 1.79 bits per heavy atom.